The van der Waals surface area contributed by atoms with Gasteiger partial charge in [-0.25, -0.2) is 0 Å². The fourth-order valence-corrected chi connectivity index (χ4v) is 1.22. The molecule has 90 valence electrons. The van der Waals surface area contributed by atoms with E-state index in [1.54, 1.807) is 20.8 Å². The smallest absolute Gasteiger partial charge is 0.390 e. The zero-order chi connectivity index (χ0) is 12.6. The molecule has 16 heavy (non-hydrogen) atoms. The van der Waals surface area contributed by atoms with Crippen LogP contribution in [0.5, 0.6) is 0 Å². The highest BCUT2D eigenvalue weighted by Crippen LogP contribution is 2.32. The van der Waals surface area contributed by atoms with Gasteiger partial charge in [0.05, 0.1) is 17.9 Å². The molecule has 1 N–H and O–H groups in total. The number of aromatic nitrogens is 1. The summed E-state index contributed by atoms with van der Waals surface area (Å²) in [6.45, 7) is 4.83. The summed E-state index contributed by atoms with van der Waals surface area (Å²) in [6.07, 6.45) is -4.41. The normalized spacial score (nSPS) is 12.9. The monoisotopic (exact) mass is 233 g/mol. The minimum atomic E-state index is -4.41. The van der Waals surface area contributed by atoms with E-state index in [0.717, 1.165) is 12.1 Å². The van der Waals surface area contributed by atoms with Gasteiger partial charge in [0.25, 0.3) is 0 Å². The summed E-state index contributed by atoms with van der Waals surface area (Å²) in [6, 6.07) is 1.90. The Morgan fingerprint density at radius 2 is 1.75 bits per heavy atom. The third kappa shape index (κ3) is 2.95. The quantitative estimate of drug-likeness (QED) is 0.809. The topological polar surface area (TPSA) is 33.1 Å². The number of aliphatic hydroxyl groups is 1. The van der Waals surface area contributed by atoms with Gasteiger partial charge in [0.1, 0.15) is 0 Å². The second kappa shape index (κ2) is 4.05. The zero-order valence-corrected chi connectivity index (χ0v) is 9.39. The minimum Gasteiger partial charge on any atom is -0.390 e. The van der Waals surface area contributed by atoms with Gasteiger partial charge < -0.3 is 5.11 Å². The van der Waals surface area contributed by atoms with Crippen molar-refractivity contribution in [2.75, 3.05) is 0 Å². The van der Waals surface area contributed by atoms with Crippen LogP contribution in [-0.4, -0.2) is 10.1 Å². The second-order valence-electron chi connectivity index (χ2n) is 4.64. The van der Waals surface area contributed by atoms with E-state index in [0.29, 0.717) is 5.69 Å². The van der Waals surface area contributed by atoms with Crippen molar-refractivity contribution < 1.29 is 18.3 Å². The molecule has 0 aliphatic carbocycles. The van der Waals surface area contributed by atoms with Crippen molar-refractivity contribution in [2.24, 2.45) is 0 Å². The van der Waals surface area contributed by atoms with Crippen molar-refractivity contribution in [1.29, 1.82) is 0 Å². The lowest BCUT2D eigenvalue weighted by Crippen LogP contribution is -2.17. The Kier molecular flexibility index (Phi) is 3.28. The Balaban J connectivity index is 3.33. The molecule has 2 nitrogen and oxygen atoms in total. The first kappa shape index (κ1) is 13.0. The molecule has 5 heteroatoms. The van der Waals surface area contributed by atoms with Crippen LogP contribution in [0.3, 0.4) is 0 Å². The van der Waals surface area contributed by atoms with E-state index in [1.807, 2.05) is 0 Å². The number of nitrogens with zero attached hydrogens (tertiary/aromatic N) is 1. The molecule has 1 aromatic heterocycles. The van der Waals surface area contributed by atoms with E-state index in [9.17, 15) is 13.2 Å². The molecule has 0 aliphatic heterocycles. The molecule has 0 saturated heterocycles. The van der Waals surface area contributed by atoms with Gasteiger partial charge in [-0.1, -0.05) is 20.8 Å². The Morgan fingerprint density at radius 3 is 2.12 bits per heavy atom. The maximum Gasteiger partial charge on any atom is 0.416 e. The molecule has 0 spiro atoms. The number of alkyl halides is 3. The largest absolute Gasteiger partial charge is 0.416 e. The van der Waals surface area contributed by atoms with Crippen molar-refractivity contribution in [3.63, 3.8) is 0 Å². The van der Waals surface area contributed by atoms with E-state index in [-0.39, 0.29) is 5.69 Å². The summed E-state index contributed by atoms with van der Waals surface area (Å²) < 4.78 is 37.7. The molecule has 0 aromatic carbocycles. The fraction of sp³-hybridized carbons (Fsp3) is 0.545. The Morgan fingerprint density at radius 1 is 1.19 bits per heavy atom. The molecular weight excluding hydrogens is 219 g/mol. The van der Waals surface area contributed by atoms with Gasteiger partial charge in [-0.2, -0.15) is 13.2 Å². The first-order chi connectivity index (χ1) is 7.14. The van der Waals surface area contributed by atoms with Gasteiger partial charge in [-0.3, -0.25) is 4.98 Å². The molecular formula is C11H14F3NO. The molecule has 0 unspecified atom stereocenters. The second-order valence-corrected chi connectivity index (χ2v) is 4.64. The predicted octanol–water partition coefficient (Wildman–Crippen LogP) is 2.89. The maximum absolute atomic E-state index is 12.6. The van der Waals surface area contributed by atoms with E-state index in [2.05, 4.69) is 4.98 Å². The van der Waals surface area contributed by atoms with Crippen LogP contribution in [0.2, 0.25) is 0 Å². The average molecular weight is 233 g/mol. The molecule has 1 heterocycles. The first-order valence-electron chi connectivity index (χ1n) is 4.84. The molecule has 0 aliphatic rings. The van der Waals surface area contributed by atoms with Crippen molar-refractivity contribution in [2.45, 2.75) is 39.0 Å². The van der Waals surface area contributed by atoms with Crippen molar-refractivity contribution in [3.8, 4) is 0 Å². The van der Waals surface area contributed by atoms with Crippen molar-refractivity contribution >= 4 is 0 Å². The fourth-order valence-electron chi connectivity index (χ4n) is 1.22. The lowest BCUT2D eigenvalue weighted by Gasteiger charge is -2.20. The lowest BCUT2D eigenvalue weighted by atomic mass is 9.90. The number of aliphatic hydroxyl groups excluding tert-OH is 1. The number of halogens is 3. The summed E-state index contributed by atoms with van der Waals surface area (Å²) in [5.41, 5.74) is -0.881. The van der Waals surface area contributed by atoms with Crippen LogP contribution in [0.15, 0.2) is 12.1 Å². The number of hydrogen-bond donors (Lipinski definition) is 1. The highest BCUT2D eigenvalue weighted by Gasteiger charge is 2.32. The van der Waals surface area contributed by atoms with Gasteiger partial charge in [0, 0.05) is 11.1 Å². The van der Waals surface area contributed by atoms with Crippen LogP contribution in [-0.2, 0) is 18.2 Å². The molecule has 1 aromatic rings. The van der Waals surface area contributed by atoms with Gasteiger partial charge in [0.2, 0.25) is 0 Å². The van der Waals surface area contributed by atoms with E-state index >= 15 is 0 Å². The van der Waals surface area contributed by atoms with E-state index < -0.39 is 23.8 Å². The number of hydrogen-bond acceptors (Lipinski definition) is 2. The molecule has 0 fully saturated rings. The third-order valence-corrected chi connectivity index (χ3v) is 2.14. The number of rotatable bonds is 1. The third-order valence-electron chi connectivity index (χ3n) is 2.14. The summed E-state index contributed by atoms with van der Waals surface area (Å²) >= 11 is 0. The summed E-state index contributed by atoms with van der Waals surface area (Å²) in [5.74, 6) is 0. The number of pyridine rings is 1. The lowest BCUT2D eigenvalue weighted by molar-refractivity contribution is -0.137. The van der Waals surface area contributed by atoms with Crippen LogP contribution in [0.25, 0.3) is 0 Å². The van der Waals surface area contributed by atoms with Crippen LogP contribution in [0.1, 0.15) is 37.7 Å². The van der Waals surface area contributed by atoms with Gasteiger partial charge in [0.15, 0.2) is 0 Å². The molecule has 1 rings (SSSR count). The Hall–Kier alpha value is -1.10. The Labute approximate surface area is 92.1 Å². The van der Waals surface area contributed by atoms with Crippen LogP contribution < -0.4 is 0 Å². The molecule has 0 saturated carbocycles. The molecule has 0 amide bonds. The van der Waals surface area contributed by atoms with Gasteiger partial charge in [-0.05, 0) is 12.1 Å². The predicted molar refractivity (Wildman–Crippen MR) is 53.9 cm³/mol. The summed E-state index contributed by atoms with van der Waals surface area (Å²) in [5, 5.41) is 8.89. The van der Waals surface area contributed by atoms with Crippen LogP contribution in [0.4, 0.5) is 13.2 Å². The average Bonchev–Trinajstić information content (AvgIpc) is 2.14. The van der Waals surface area contributed by atoms with Crippen molar-refractivity contribution in [1.82, 2.24) is 4.98 Å². The zero-order valence-electron chi connectivity index (χ0n) is 9.39. The molecule has 0 radical (unpaired) electrons. The standard InChI is InChI=1S/C11H14F3NO/c1-10(2,3)9-5-7(11(12,13)14)4-8(6-16)15-9/h4-5,16H,6H2,1-3H3. The highest BCUT2D eigenvalue weighted by molar-refractivity contribution is 5.27. The van der Waals surface area contributed by atoms with E-state index in [4.69, 9.17) is 5.11 Å². The highest BCUT2D eigenvalue weighted by atomic mass is 19.4. The van der Waals surface area contributed by atoms with Crippen molar-refractivity contribution in [3.05, 3.63) is 29.1 Å². The summed E-state index contributed by atoms with van der Waals surface area (Å²) in [4.78, 5) is 3.99. The van der Waals surface area contributed by atoms with Gasteiger partial charge >= 0.3 is 6.18 Å². The van der Waals surface area contributed by atoms with Crippen LogP contribution >= 0.6 is 0 Å². The minimum absolute atomic E-state index is 0.0414. The summed E-state index contributed by atoms with van der Waals surface area (Å²) in [7, 11) is 0. The Bertz CT molecular complexity index is 348. The first-order valence-corrected chi connectivity index (χ1v) is 4.84. The SMILES string of the molecule is CC(C)(C)c1cc(C(F)(F)F)cc(CO)n1. The van der Waals surface area contributed by atoms with E-state index in [1.165, 1.54) is 0 Å². The maximum atomic E-state index is 12.6. The van der Waals surface area contributed by atoms with Crippen LogP contribution in [0, 0.1) is 0 Å². The van der Waals surface area contributed by atoms with Gasteiger partial charge in [-0.15, -0.1) is 0 Å². The molecule has 0 bridgehead atoms. The molecule has 0 atom stereocenters.